The van der Waals surface area contributed by atoms with Gasteiger partial charge in [-0.15, -0.1) is 0 Å². The van der Waals surface area contributed by atoms with E-state index in [1.165, 1.54) is 0 Å². The number of para-hydroxylation sites is 3. The smallest absolute Gasteiger partial charge is 0.241 e. The zero-order valence-corrected chi connectivity index (χ0v) is 20.1. The number of hydrogen-bond acceptors (Lipinski definition) is 7. The number of nitrogens with one attached hydrogen (secondary N) is 1. The highest BCUT2D eigenvalue weighted by Crippen LogP contribution is 2.30. The number of carbonyl (C=O) groups is 1. The molecule has 1 N–H and O–H groups in total. The van der Waals surface area contributed by atoms with Crippen molar-refractivity contribution in [2.45, 2.75) is 19.4 Å². The van der Waals surface area contributed by atoms with Crippen molar-refractivity contribution < 1.29 is 18.8 Å². The predicted molar refractivity (Wildman–Crippen MR) is 136 cm³/mol. The van der Waals surface area contributed by atoms with Gasteiger partial charge < -0.3 is 19.3 Å². The summed E-state index contributed by atoms with van der Waals surface area (Å²) in [6, 6.07) is 24.5. The van der Waals surface area contributed by atoms with E-state index >= 15 is 0 Å². The van der Waals surface area contributed by atoms with Crippen molar-refractivity contribution in [2.24, 2.45) is 5.92 Å². The third kappa shape index (κ3) is 5.72. The van der Waals surface area contributed by atoms with Gasteiger partial charge in [0.1, 0.15) is 11.5 Å². The number of ether oxygens (including phenoxy) is 2. The quantitative estimate of drug-likeness (QED) is 0.359. The summed E-state index contributed by atoms with van der Waals surface area (Å²) in [5.74, 6) is 3.01. The average molecular weight is 485 g/mol. The van der Waals surface area contributed by atoms with E-state index in [0.29, 0.717) is 36.2 Å². The van der Waals surface area contributed by atoms with Gasteiger partial charge in [-0.05, 0) is 67.9 Å². The number of benzene rings is 3. The summed E-state index contributed by atoms with van der Waals surface area (Å²) in [5.41, 5.74) is 1.52. The number of hydrogen-bond donors (Lipinski definition) is 1. The first-order chi connectivity index (χ1) is 17.7. The molecule has 0 bridgehead atoms. The lowest BCUT2D eigenvalue weighted by molar-refractivity contribution is -0.121. The number of aromatic nitrogens is 2. The Morgan fingerprint density at radius 2 is 1.81 bits per heavy atom. The highest BCUT2D eigenvalue weighted by Gasteiger charge is 2.27. The van der Waals surface area contributed by atoms with Crippen molar-refractivity contribution in [1.82, 2.24) is 15.0 Å². The van der Waals surface area contributed by atoms with Crippen LogP contribution in [0.2, 0.25) is 0 Å². The number of likely N-dealkylation sites (tertiary alicyclic amines) is 1. The predicted octanol–water partition coefficient (Wildman–Crippen LogP) is 5.39. The number of amides is 1. The third-order valence-electron chi connectivity index (χ3n) is 6.17. The van der Waals surface area contributed by atoms with Gasteiger partial charge >= 0.3 is 0 Å². The highest BCUT2D eigenvalue weighted by atomic mass is 16.5. The summed E-state index contributed by atoms with van der Waals surface area (Å²) in [7, 11) is 1.63. The van der Waals surface area contributed by atoms with Crippen molar-refractivity contribution in [3.63, 3.8) is 0 Å². The van der Waals surface area contributed by atoms with Crippen LogP contribution in [0.15, 0.2) is 83.4 Å². The molecule has 0 radical (unpaired) electrons. The molecule has 0 spiro atoms. The van der Waals surface area contributed by atoms with Crippen LogP contribution in [0, 0.1) is 5.92 Å². The Morgan fingerprint density at radius 3 is 2.61 bits per heavy atom. The van der Waals surface area contributed by atoms with Gasteiger partial charge in [-0.1, -0.05) is 35.5 Å². The normalized spacial score (nSPS) is 15.9. The van der Waals surface area contributed by atoms with Gasteiger partial charge in [0.05, 0.1) is 25.3 Å². The van der Waals surface area contributed by atoms with Crippen molar-refractivity contribution in [3.8, 4) is 28.6 Å². The van der Waals surface area contributed by atoms with E-state index in [-0.39, 0.29) is 11.8 Å². The number of carbonyl (C=O) groups excluding carboxylic acids is 1. The number of anilines is 1. The molecule has 1 saturated heterocycles. The molecule has 3 aromatic carbocycles. The van der Waals surface area contributed by atoms with Crippen LogP contribution in [0.4, 0.5) is 5.69 Å². The molecular weight excluding hydrogens is 456 g/mol. The lowest BCUT2D eigenvalue weighted by atomic mass is 9.97. The molecule has 1 aromatic heterocycles. The third-order valence-corrected chi connectivity index (χ3v) is 6.17. The van der Waals surface area contributed by atoms with Gasteiger partial charge in [0.2, 0.25) is 17.6 Å². The average Bonchev–Trinajstić information content (AvgIpc) is 3.39. The maximum absolute atomic E-state index is 13.2. The van der Waals surface area contributed by atoms with Crippen molar-refractivity contribution in [1.29, 1.82) is 0 Å². The van der Waals surface area contributed by atoms with E-state index < -0.39 is 0 Å². The summed E-state index contributed by atoms with van der Waals surface area (Å²) in [6.07, 6.45) is 1.74. The second kappa shape index (κ2) is 11.0. The largest absolute Gasteiger partial charge is 0.497 e. The highest BCUT2D eigenvalue weighted by molar-refractivity contribution is 5.94. The maximum Gasteiger partial charge on any atom is 0.241 e. The maximum atomic E-state index is 13.2. The minimum Gasteiger partial charge on any atom is -0.497 e. The zero-order valence-electron chi connectivity index (χ0n) is 20.1. The molecule has 1 atom stereocenters. The van der Waals surface area contributed by atoms with Gasteiger partial charge in [0.15, 0.2) is 5.75 Å². The van der Waals surface area contributed by atoms with Crippen molar-refractivity contribution in [3.05, 3.63) is 84.8 Å². The molecule has 1 fully saturated rings. The molecule has 36 heavy (non-hydrogen) atoms. The monoisotopic (exact) mass is 484 g/mol. The van der Waals surface area contributed by atoms with E-state index in [0.717, 1.165) is 36.4 Å². The van der Waals surface area contributed by atoms with Gasteiger partial charge in [-0.3, -0.25) is 9.69 Å². The first kappa shape index (κ1) is 23.6. The van der Waals surface area contributed by atoms with Crippen LogP contribution < -0.4 is 14.8 Å². The van der Waals surface area contributed by atoms with Crippen LogP contribution in [0.25, 0.3) is 11.4 Å². The minimum absolute atomic E-state index is 0.0201. The molecule has 1 aliphatic rings. The van der Waals surface area contributed by atoms with Crippen LogP contribution in [0.1, 0.15) is 18.7 Å². The van der Waals surface area contributed by atoms with Gasteiger partial charge in [-0.2, -0.15) is 4.98 Å². The molecule has 1 aliphatic heterocycles. The molecule has 5 rings (SSSR count). The summed E-state index contributed by atoms with van der Waals surface area (Å²) < 4.78 is 16.7. The summed E-state index contributed by atoms with van der Waals surface area (Å²) in [5, 5.41) is 7.18. The molecule has 184 valence electrons. The molecule has 0 aliphatic carbocycles. The Bertz CT molecular complexity index is 1290. The van der Waals surface area contributed by atoms with Gasteiger partial charge in [0, 0.05) is 12.1 Å². The standard InChI is InChI=1S/C28H28N4O4/c1-34-22-15-13-20(14-16-22)27-30-26(36-31-27)19-32-17-7-8-21(18-32)28(33)29-24-11-5-6-12-25(24)35-23-9-3-2-4-10-23/h2-6,9-16,21H,7-8,17-19H2,1H3,(H,29,33). The Labute approximate surface area is 209 Å². The topological polar surface area (TPSA) is 89.7 Å². The summed E-state index contributed by atoms with van der Waals surface area (Å²) in [6.45, 7) is 1.99. The summed E-state index contributed by atoms with van der Waals surface area (Å²) >= 11 is 0. The Balaban J connectivity index is 1.20. The Morgan fingerprint density at radius 1 is 1.03 bits per heavy atom. The molecule has 8 heteroatoms. The van der Waals surface area contributed by atoms with Crippen LogP contribution in [0.5, 0.6) is 17.2 Å². The van der Waals surface area contributed by atoms with E-state index in [2.05, 4.69) is 20.4 Å². The van der Waals surface area contributed by atoms with Crippen molar-refractivity contribution in [2.75, 3.05) is 25.5 Å². The fourth-order valence-electron chi connectivity index (χ4n) is 4.29. The minimum atomic E-state index is -0.146. The van der Waals surface area contributed by atoms with Gasteiger partial charge in [0.25, 0.3) is 0 Å². The van der Waals surface area contributed by atoms with E-state index in [9.17, 15) is 4.79 Å². The number of nitrogens with zero attached hydrogens (tertiary/aromatic N) is 3. The van der Waals surface area contributed by atoms with Crippen molar-refractivity contribution >= 4 is 11.6 Å². The van der Waals surface area contributed by atoms with Crippen LogP contribution in [-0.4, -0.2) is 41.1 Å². The first-order valence-electron chi connectivity index (χ1n) is 12.0. The van der Waals surface area contributed by atoms with E-state index in [4.69, 9.17) is 14.0 Å². The Kier molecular flexibility index (Phi) is 7.23. The zero-order chi connectivity index (χ0) is 24.7. The number of piperidine rings is 1. The van der Waals surface area contributed by atoms with Crippen LogP contribution >= 0.6 is 0 Å². The molecule has 8 nitrogen and oxygen atoms in total. The van der Waals surface area contributed by atoms with Crippen LogP contribution in [-0.2, 0) is 11.3 Å². The van der Waals surface area contributed by atoms with E-state index in [1.54, 1.807) is 7.11 Å². The van der Waals surface area contributed by atoms with Gasteiger partial charge in [-0.25, -0.2) is 0 Å². The Hall–Kier alpha value is -4.17. The molecule has 1 unspecified atom stereocenters. The number of methoxy groups -OCH3 is 1. The second-order valence-corrected chi connectivity index (χ2v) is 8.72. The fraction of sp³-hybridized carbons (Fsp3) is 0.250. The summed E-state index contributed by atoms with van der Waals surface area (Å²) in [4.78, 5) is 19.9. The SMILES string of the molecule is COc1ccc(-c2noc(CN3CCCC(C(=O)Nc4ccccc4Oc4ccccc4)C3)n2)cc1. The molecule has 0 saturated carbocycles. The second-order valence-electron chi connectivity index (χ2n) is 8.72. The van der Waals surface area contributed by atoms with Crippen LogP contribution in [0.3, 0.4) is 0 Å². The molecule has 1 amide bonds. The molecular formula is C28H28N4O4. The first-order valence-corrected chi connectivity index (χ1v) is 12.0. The van der Waals surface area contributed by atoms with E-state index in [1.807, 2.05) is 78.9 Å². The lowest BCUT2D eigenvalue weighted by Gasteiger charge is -2.31. The number of rotatable bonds is 8. The fourth-order valence-corrected chi connectivity index (χ4v) is 4.29. The molecule has 4 aromatic rings. The molecule has 2 heterocycles. The lowest BCUT2D eigenvalue weighted by Crippen LogP contribution is -2.40.